The Morgan fingerprint density at radius 3 is 2.23 bits per heavy atom. The first-order valence-electron chi connectivity index (χ1n) is 8.11. The third-order valence-electron chi connectivity index (χ3n) is 5.70. The van der Waals surface area contributed by atoms with Crippen LogP contribution in [0.4, 0.5) is 14.5 Å². The van der Waals surface area contributed by atoms with Crippen molar-refractivity contribution in [2.24, 2.45) is 23.7 Å². The summed E-state index contributed by atoms with van der Waals surface area (Å²) in [5.41, 5.74) is 0.225. The number of benzene rings is 1. The Kier molecular flexibility index (Phi) is 3.56. The van der Waals surface area contributed by atoms with Gasteiger partial charge in [0.05, 0.1) is 5.69 Å². The lowest BCUT2D eigenvalue weighted by atomic mass is 9.54. The summed E-state index contributed by atoms with van der Waals surface area (Å²) in [6.45, 7) is 0. The Balaban J connectivity index is 1.42. The minimum absolute atomic E-state index is 0.225. The smallest absolute Gasteiger partial charge is 0.171 e. The molecule has 4 bridgehead atoms. The van der Waals surface area contributed by atoms with Gasteiger partial charge in [0.15, 0.2) is 5.11 Å². The van der Waals surface area contributed by atoms with Gasteiger partial charge in [0.1, 0.15) is 11.6 Å². The molecule has 1 aromatic carbocycles. The predicted molar refractivity (Wildman–Crippen MR) is 86.5 cm³/mol. The van der Waals surface area contributed by atoms with Crippen molar-refractivity contribution in [1.82, 2.24) is 5.32 Å². The Bertz CT molecular complexity index is 576. The molecule has 22 heavy (non-hydrogen) atoms. The maximum absolute atomic E-state index is 13.7. The van der Waals surface area contributed by atoms with Crippen LogP contribution in [0.2, 0.25) is 0 Å². The molecule has 0 spiro atoms. The Morgan fingerprint density at radius 1 is 1.00 bits per heavy atom. The van der Waals surface area contributed by atoms with Gasteiger partial charge in [-0.3, -0.25) is 0 Å². The van der Waals surface area contributed by atoms with Gasteiger partial charge in [-0.1, -0.05) is 0 Å². The van der Waals surface area contributed by atoms with Gasteiger partial charge in [0, 0.05) is 12.1 Å². The number of hydrogen-bond donors (Lipinski definition) is 2. The van der Waals surface area contributed by atoms with Crippen molar-refractivity contribution >= 4 is 23.0 Å². The van der Waals surface area contributed by atoms with Crippen LogP contribution < -0.4 is 10.6 Å². The van der Waals surface area contributed by atoms with Gasteiger partial charge in [-0.05, 0) is 80.1 Å². The summed E-state index contributed by atoms with van der Waals surface area (Å²) in [4.78, 5) is 0. The van der Waals surface area contributed by atoms with Crippen LogP contribution in [0.25, 0.3) is 0 Å². The molecule has 2 N–H and O–H groups in total. The summed E-state index contributed by atoms with van der Waals surface area (Å²) in [5, 5.41) is 6.73. The van der Waals surface area contributed by atoms with Gasteiger partial charge in [0.25, 0.3) is 0 Å². The van der Waals surface area contributed by atoms with Gasteiger partial charge in [-0.15, -0.1) is 0 Å². The van der Waals surface area contributed by atoms with Crippen molar-refractivity contribution in [1.29, 1.82) is 0 Å². The minimum atomic E-state index is -0.616. The highest BCUT2D eigenvalue weighted by atomic mass is 32.1. The summed E-state index contributed by atoms with van der Waals surface area (Å²) >= 11 is 5.35. The highest BCUT2D eigenvalue weighted by molar-refractivity contribution is 7.80. The third kappa shape index (κ3) is 2.60. The highest BCUT2D eigenvalue weighted by Crippen LogP contribution is 2.53. The Morgan fingerprint density at radius 2 is 1.64 bits per heavy atom. The van der Waals surface area contributed by atoms with Gasteiger partial charge in [-0.25, -0.2) is 8.78 Å². The summed E-state index contributed by atoms with van der Waals surface area (Å²) < 4.78 is 26.6. The van der Waals surface area contributed by atoms with Crippen molar-refractivity contribution in [3.63, 3.8) is 0 Å². The summed E-state index contributed by atoms with van der Waals surface area (Å²) in [6, 6.07) is 3.90. The largest absolute Gasteiger partial charge is 0.359 e. The molecule has 0 aliphatic heterocycles. The van der Waals surface area contributed by atoms with E-state index in [1.165, 1.54) is 44.2 Å². The standard InChI is InChI=1S/C17H20F2N2S/c18-13-1-2-15(14(19)8-13)20-17(22)21-16-11-4-9-3-10(6-11)7-12(16)5-9/h1-2,8-12,16H,3-7H2,(H2,20,21,22). The second-order valence-electron chi connectivity index (χ2n) is 7.18. The number of thiocarbonyl (C=S) groups is 1. The van der Waals surface area contributed by atoms with Gasteiger partial charge >= 0.3 is 0 Å². The van der Waals surface area contributed by atoms with Gasteiger partial charge in [-0.2, -0.15) is 0 Å². The van der Waals surface area contributed by atoms with Crippen LogP contribution in [0.1, 0.15) is 32.1 Å². The molecule has 4 aliphatic rings. The first-order chi connectivity index (χ1) is 10.6. The minimum Gasteiger partial charge on any atom is -0.359 e. The topological polar surface area (TPSA) is 24.1 Å². The van der Waals surface area contributed by atoms with E-state index in [0.29, 0.717) is 23.0 Å². The fourth-order valence-electron chi connectivity index (χ4n) is 5.06. The first-order valence-corrected chi connectivity index (χ1v) is 8.52. The van der Waals surface area contributed by atoms with Crippen LogP contribution in [0.5, 0.6) is 0 Å². The summed E-state index contributed by atoms with van der Waals surface area (Å²) in [6.07, 6.45) is 6.63. The molecule has 4 fully saturated rings. The number of nitrogens with one attached hydrogen (secondary N) is 2. The third-order valence-corrected chi connectivity index (χ3v) is 5.92. The zero-order valence-corrected chi connectivity index (χ0v) is 13.1. The van der Waals surface area contributed by atoms with Crippen LogP contribution in [-0.4, -0.2) is 11.2 Å². The van der Waals surface area contributed by atoms with Gasteiger partial charge in [0.2, 0.25) is 0 Å². The van der Waals surface area contributed by atoms with Crippen molar-refractivity contribution in [2.45, 2.75) is 38.1 Å². The monoisotopic (exact) mass is 322 g/mol. The maximum atomic E-state index is 13.7. The van der Waals surface area contributed by atoms with E-state index >= 15 is 0 Å². The van der Waals surface area contributed by atoms with E-state index in [9.17, 15) is 8.78 Å². The highest BCUT2D eigenvalue weighted by Gasteiger charge is 2.48. The average molecular weight is 322 g/mol. The normalized spacial score (nSPS) is 35.5. The molecule has 5 heteroatoms. The van der Waals surface area contributed by atoms with Crippen LogP contribution in [0, 0.1) is 35.3 Å². The van der Waals surface area contributed by atoms with E-state index in [0.717, 1.165) is 17.9 Å². The lowest BCUT2D eigenvalue weighted by Crippen LogP contribution is -2.56. The summed E-state index contributed by atoms with van der Waals surface area (Å²) in [5.74, 6) is 2.04. The van der Waals surface area contributed by atoms with Crippen molar-refractivity contribution in [3.05, 3.63) is 29.8 Å². The predicted octanol–water partition coefficient (Wildman–Crippen LogP) is 4.08. The molecule has 0 amide bonds. The molecule has 4 aliphatic carbocycles. The molecular weight excluding hydrogens is 302 g/mol. The fraction of sp³-hybridized carbons (Fsp3) is 0.588. The fourth-order valence-corrected chi connectivity index (χ4v) is 5.31. The quantitative estimate of drug-likeness (QED) is 0.803. The Labute approximate surface area is 134 Å². The van der Waals surface area contributed by atoms with Crippen molar-refractivity contribution in [2.75, 3.05) is 5.32 Å². The number of rotatable bonds is 2. The van der Waals surface area contributed by atoms with Crippen LogP contribution in [0.15, 0.2) is 18.2 Å². The SMILES string of the molecule is Fc1ccc(NC(=S)NC2C3CC4CC(C3)CC2C4)c(F)c1. The molecule has 118 valence electrons. The molecule has 4 saturated carbocycles. The average Bonchev–Trinajstić information content (AvgIpc) is 2.45. The van der Waals surface area contributed by atoms with Gasteiger partial charge < -0.3 is 10.6 Å². The van der Waals surface area contributed by atoms with E-state index in [1.54, 1.807) is 0 Å². The molecular formula is C17H20F2N2S. The number of halogens is 2. The maximum Gasteiger partial charge on any atom is 0.171 e. The molecule has 0 aromatic heterocycles. The van der Waals surface area contributed by atoms with E-state index in [4.69, 9.17) is 12.2 Å². The summed E-state index contributed by atoms with van der Waals surface area (Å²) in [7, 11) is 0. The molecule has 5 rings (SSSR count). The van der Waals surface area contributed by atoms with E-state index in [2.05, 4.69) is 10.6 Å². The first kappa shape index (κ1) is 14.4. The van der Waals surface area contributed by atoms with Crippen LogP contribution >= 0.6 is 12.2 Å². The van der Waals surface area contributed by atoms with Crippen LogP contribution in [-0.2, 0) is 0 Å². The Hall–Kier alpha value is -1.23. The van der Waals surface area contributed by atoms with Crippen LogP contribution in [0.3, 0.4) is 0 Å². The zero-order valence-electron chi connectivity index (χ0n) is 12.3. The molecule has 1 aromatic rings. The molecule has 0 saturated heterocycles. The van der Waals surface area contributed by atoms with E-state index in [1.807, 2.05) is 0 Å². The molecule has 0 unspecified atom stereocenters. The number of anilines is 1. The van der Waals surface area contributed by atoms with E-state index < -0.39 is 11.6 Å². The van der Waals surface area contributed by atoms with Crippen molar-refractivity contribution in [3.8, 4) is 0 Å². The second kappa shape index (κ2) is 5.44. The second-order valence-corrected chi connectivity index (χ2v) is 7.59. The van der Waals surface area contributed by atoms with E-state index in [-0.39, 0.29) is 5.69 Å². The number of hydrogen-bond acceptors (Lipinski definition) is 1. The lowest BCUT2D eigenvalue weighted by Gasteiger charge is -2.54. The molecule has 0 heterocycles. The van der Waals surface area contributed by atoms with Crippen molar-refractivity contribution < 1.29 is 8.78 Å². The molecule has 0 radical (unpaired) electrons. The molecule has 2 nitrogen and oxygen atoms in total. The zero-order chi connectivity index (χ0) is 15.3. The molecule has 0 atom stereocenters. The lowest BCUT2D eigenvalue weighted by molar-refractivity contribution is -0.00665.